The van der Waals surface area contributed by atoms with E-state index >= 15 is 0 Å². The first-order valence-electron chi connectivity index (χ1n) is 7.29. The zero-order valence-electron chi connectivity index (χ0n) is 12.2. The number of fused-ring (bicyclic) bond motifs is 1. The molecule has 21 heavy (non-hydrogen) atoms. The van der Waals surface area contributed by atoms with Crippen LogP contribution < -0.4 is 10.5 Å². The number of hydrogen-bond acceptors (Lipinski definition) is 2. The molecule has 0 unspecified atom stereocenters. The van der Waals surface area contributed by atoms with Gasteiger partial charge in [0.25, 0.3) is 0 Å². The summed E-state index contributed by atoms with van der Waals surface area (Å²) in [5.74, 6) is 1.75. The fourth-order valence-corrected chi connectivity index (χ4v) is 2.56. The van der Waals surface area contributed by atoms with Crippen LogP contribution in [0.15, 0.2) is 60.7 Å². The van der Waals surface area contributed by atoms with Gasteiger partial charge in [-0.1, -0.05) is 49.4 Å². The van der Waals surface area contributed by atoms with E-state index < -0.39 is 0 Å². The lowest BCUT2D eigenvalue weighted by molar-refractivity contribution is 0.487. The van der Waals surface area contributed by atoms with Crippen molar-refractivity contribution in [3.8, 4) is 11.5 Å². The summed E-state index contributed by atoms with van der Waals surface area (Å²) in [5.41, 5.74) is 8.23. The fourth-order valence-electron chi connectivity index (χ4n) is 2.56. The third-order valence-electron chi connectivity index (χ3n) is 3.73. The highest BCUT2D eigenvalue weighted by atomic mass is 16.5. The van der Waals surface area contributed by atoms with E-state index in [0.29, 0.717) is 6.54 Å². The van der Waals surface area contributed by atoms with Gasteiger partial charge in [-0.3, -0.25) is 0 Å². The minimum absolute atomic E-state index is 0.534. The average molecular weight is 277 g/mol. The molecule has 0 bridgehead atoms. The molecule has 0 aliphatic heterocycles. The van der Waals surface area contributed by atoms with Crippen molar-refractivity contribution < 1.29 is 4.74 Å². The van der Waals surface area contributed by atoms with Crippen molar-refractivity contribution in [1.29, 1.82) is 0 Å². The van der Waals surface area contributed by atoms with Crippen LogP contribution in [0.3, 0.4) is 0 Å². The smallest absolute Gasteiger partial charge is 0.135 e. The van der Waals surface area contributed by atoms with E-state index in [0.717, 1.165) is 34.3 Å². The minimum Gasteiger partial charge on any atom is -0.457 e. The maximum atomic E-state index is 6.09. The third kappa shape index (κ3) is 2.76. The Bertz CT molecular complexity index is 764. The van der Waals surface area contributed by atoms with E-state index in [4.69, 9.17) is 10.5 Å². The minimum atomic E-state index is 0.534. The molecular formula is C19H19NO. The van der Waals surface area contributed by atoms with Crippen molar-refractivity contribution in [2.75, 3.05) is 0 Å². The molecule has 0 atom stereocenters. The van der Waals surface area contributed by atoms with Crippen LogP contribution in [0.1, 0.15) is 18.1 Å². The first-order valence-corrected chi connectivity index (χ1v) is 7.29. The molecule has 0 saturated carbocycles. The van der Waals surface area contributed by atoms with Crippen molar-refractivity contribution >= 4 is 10.8 Å². The van der Waals surface area contributed by atoms with Crippen LogP contribution in [0.2, 0.25) is 0 Å². The number of nitrogens with two attached hydrogens (primary N) is 1. The molecule has 0 aromatic heterocycles. The van der Waals surface area contributed by atoms with E-state index in [-0.39, 0.29) is 0 Å². The van der Waals surface area contributed by atoms with E-state index in [9.17, 15) is 0 Å². The van der Waals surface area contributed by atoms with Gasteiger partial charge in [0.15, 0.2) is 0 Å². The lowest BCUT2D eigenvalue weighted by Gasteiger charge is -2.12. The molecule has 2 N–H and O–H groups in total. The van der Waals surface area contributed by atoms with Gasteiger partial charge in [0.1, 0.15) is 11.5 Å². The number of aryl methyl sites for hydroxylation is 1. The Balaban J connectivity index is 2.04. The second-order valence-corrected chi connectivity index (χ2v) is 5.08. The molecule has 3 rings (SSSR count). The lowest BCUT2D eigenvalue weighted by Crippen LogP contribution is -1.98. The first kappa shape index (κ1) is 13.7. The zero-order chi connectivity index (χ0) is 14.7. The summed E-state index contributed by atoms with van der Waals surface area (Å²) in [7, 11) is 0. The summed E-state index contributed by atoms with van der Waals surface area (Å²) in [6, 6.07) is 20.5. The van der Waals surface area contributed by atoms with Crippen molar-refractivity contribution in [3.63, 3.8) is 0 Å². The summed E-state index contributed by atoms with van der Waals surface area (Å²) < 4.78 is 6.09. The van der Waals surface area contributed by atoms with Crippen LogP contribution in [0.4, 0.5) is 0 Å². The Hall–Kier alpha value is -2.32. The highest BCUT2D eigenvalue weighted by Crippen LogP contribution is 2.32. The van der Waals surface area contributed by atoms with Crippen LogP contribution in [0, 0.1) is 0 Å². The van der Waals surface area contributed by atoms with E-state index in [1.807, 2.05) is 36.4 Å². The Morgan fingerprint density at radius 2 is 1.71 bits per heavy atom. The first-order chi connectivity index (χ1) is 10.3. The van der Waals surface area contributed by atoms with E-state index in [1.165, 1.54) is 5.56 Å². The quantitative estimate of drug-likeness (QED) is 0.753. The molecule has 0 radical (unpaired) electrons. The molecule has 0 spiro atoms. The normalized spacial score (nSPS) is 10.8. The van der Waals surface area contributed by atoms with Crippen molar-refractivity contribution in [1.82, 2.24) is 0 Å². The largest absolute Gasteiger partial charge is 0.457 e. The number of benzene rings is 3. The maximum Gasteiger partial charge on any atom is 0.135 e. The lowest BCUT2D eigenvalue weighted by atomic mass is 10.0. The molecule has 3 aromatic rings. The average Bonchev–Trinajstić information content (AvgIpc) is 2.55. The zero-order valence-corrected chi connectivity index (χ0v) is 12.2. The van der Waals surface area contributed by atoms with Gasteiger partial charge in [-0.2, -0.15) is 0 Å². The van der Waals surface area contributed by atoms with Crippen molar-refractivity contribution in [3.05, 3.63) is 71.8 Å². The van der Waals surface area contributed by atoms with Gasteiger partial charge in [-0.25, -0.2) is 0 Å². The molecular weight excluding hydrogens is 258 g/mol. The van der Waals surface area contributed by atoms with E-state index in [1.54, 1.807) is 0 Å². The van der Waals surface area contributed by atoms with Crippen LogP contribution in [0.25, 0.3) is 10.8 Å². The highest BCUT2D eigenvalue weighted by Gasteiger charge is 2.07. The third-order valence-corrected chi connectivity index (χ3v) is 3.73. The SMILES string of the molecule is CCc1cccc(Oc2ccc(CN)c3ccccc23)c1. The Morgan fingerprint density at radius 3 is 2.48 bits per heavy atom. The maximum absolute atomic E-state index is 6.09. The van der Waals surface area contributed by atoms with Gasteiger partial charge in [0, 0.05) is 11.9 Å². The van der Waals surface area contributed by atoms with Crippen LogP contribution >= 0.6 is 0 Å². The van der Waals surface area contributed by atoms with Gasteiger partial charge in [-0.05, 0) is 41.1 Å². The predicted molar refractivity (Wildman–Crippen MR) is 87.7 cm³/mol. The van der Waals surface area contributed by atoms with Gasteiger partial charge >= 0.3 is 0 Å². The fraction of sp³-hybridized carbons (Fsp3) is 0.158. The number of ether oxygens (including phenoxy) is 1. The second-order valence-electron chi connectivity index (χ2n) is 5.08. The Labute approximate surface area is 125 Å². The van der Waals surface area contributed by atoms with Crippen molar-refractivity contribution in [2.45, 2.75) is 19.9 Å². The molecule has 0 saturated heterocycles. The number of rotatable bonds is 4. The van der Waals surface area contributed by atoms with Crippen LogP contribution in [0.5, 0.6) is 11.5 Å². The topological polar surface area (TPSA) is 35.2 Å². The molecule has 0 aliphatic rings. The number of hydrogen-bond donors (Lipinski definition) is 1. The van der Waals surface area contributed by atoms with Gasteiger partial charge in [0.05, 0.1) is 0 Å². The summed E-state index contributed by atoms with van der Waals surface area (Å²) >= 11 is 0. The monoisotopic (exact) mass is 277 g/mol. The van der Waals surface area contributed by atoms with Crippen LogP contribution in [-0.4, -0.2) is 0 Å². The molecule has 0 heterocycles. The summed E-state index contributed by atoms with van der Waals surface area (Å²) in [5, 5.41) is 2.26. The van der Waals surface area contributed by atoms with Gasteiger partial charge in [0.2, 0.25) is 0 Å². The second kappa shape index (κ2) is 5.98. The van der Waals surface area contributed by atoms with Gasteiger partial charge in [-0.15, -0.1) is 0 Å². The highest BCUT2D eigenvalue weighted by molar-refractivity contribution is 5.91. The molecule has 3 aromatic carbocycles. The summed E-state index contributed by atoms with van der Waals surface area (Å²) in [4.78, 5) is 0. The molecule has 0 amide bonds. The standard InChI is InChI=1S/C19H19NO/c1-2-14-6-5-7-16(12-14)21-19-11-10-15(13-20)17-8-3-4-9-18(17)19/h3-12H,2,13,20H2,1H3. The van der Waals surface area contributed by atoms with Crippen molar-refractivity contribution in [2.24, 2.45) is 5.73 Å². The predicted octanol–water partition coefficient (Wildman–Crippen LogP) is 4.65. The molecule has 0 fully saturated rings. The molecule has 2 nitrogen and oxygen atoms in total. The molecule has 2 heteroatoms. The van der Waals surface area contributed by atoms with Crippen LogP contribution in [-0.2, 0) is 13.0 Å². The Kier molecular flexibility index (Phi) is 3.89. The summed E-state index contributed by atoms with van der Waals surface area (Å²) in [6.07, 6.45) is 1.00. The van der Waals surface area contributed by atoms with E-state index in [2.05, 4.69) is 31.2 Å². The molecule has 0 aliphatic carbocycles. The Morgan fingerprint density at radius 1 is 0.905 bits per heavy atom. The molecule has 106 valence electrons. The van der Waals surface area contributed by atoms with Gasteiger partial charge < -0.3 is 10.5 Å². The summed E-state index contributed by atoms with van der Waals surface area (Å²) in [6.45, 7) is 2.68.